The van der Waals surface area contributed by atoms with Crippen LogP contribution in [-0.2, 0) is 4.74 Å². The molecule has 0 spiro atoms. The molecule has 21 heavy (non-hydrogen) atoms. The third-order valence-electron chi connectivity index (χ3n) is 3.97. The van der Waals surface area contributed by atoms with Gasteiger partial charge in [0.1, 0.15) is 6.61 Å². The molecule has 1 heterocycles. The molecule has 3 rings (SSSR count). The molecule has 1 amide bonds. The van der Waals surface area contributed by atoms with Gasteiger partial charge in [-0.15, -0.1) is 0 Å². The van der Waals surface area contributed by atoms with E-state index in [-0.39, 0.29) is 5.91 Å². The maximum atomic E-state index is 12.2. The summed E-state index contributed by atoms with van der Waals surface area (Å²) in [6, 6.07) is 5.58. The SMILES string of the molecule is O=C(NCCOC1CCCC1)c1cccc2c1OCCN2. The van der Waals surface area contributed by atoms with Crippen molar-refractivity contribution in [3.8, 4) is 5.75 Å². The van der Waals surface area contributed by atoms with E-state index >= 15 is 0 Å². The standard InChI is InChI=1S/C16H22N2O3/c19-16(18-9-10-20-12-4-1-2-5-12)13-6-3-7-14-15(13)21-11-8-17-14/h3,6-7,12,17H,1-2,4-5,8-11H2,(H,18,19). The van der Waals surface area contributed by atoms with Gasteiger partial charge in [0.15, 0.2) is 5.75 Å². The van der Waals surface area contributed by atoms with Gasteiger partial charge in [0.25, 0.3) is 5.91 Å². The van der Waals surface area contributed by atoms with E-state index in [2.05, 4.69) is 10.6 Å². The molecular formula is C16H22N2O3. The lowest BCUT2D eigenvalue weighted by Crippen LogP contribution is -2.30. The van der Waals surface area contributed by atoms with Gasteiger partial charge in [0.2, 0.25) is 0 Å². The van der Waals surface area contributed by atoms with Crippen LogP contribution in [0.25, 0.3) is 0 Å². The summed E-state index contributed by atoms with van der Waals surface area (Å²) in [7, 11) is 0. The number of fused-ring (bicyclic) bond motifs is 1. The zero-order valence-corrected chi connectivity index (χ0v) is 12.2. The molecule has 2 aliphatic rings. The summed E-state index contributed by atoms with van der Waals surface area (Å²) in [4.78, 5) is 12.2. The van der Waals surface area contributed by atoms with E-state index in [0.717, 1.165) is 25.1 Å². The summed E-state index contributed by atoms with van der Waals surface area (Å²) in [5.41, 5.74) is 1.47. The molecule has 0 saturated heterocycles. The number of ether oxygens (including phenoxy) is 2. The molecule has 0 bridgehead atoms. The Hall–Kier alpha value is -1.75. The van der Waals surface area contributed by atoms with Gasteiger partial charge in [-0.2, -0.15) is 0 Å². The number of benzene rings is 1. The minimum atomic E-state index is -0.106. The molecule has 1 aromatic carbocycles. The Morgan fingerprint density at radius 2 is 2.24 bits per heavy atom. The molecular weight excluding hydrogens is 268 g/mol. The van der Waals surface area contributed by atoms with Crippen LogP contribution in [0.3, 0.4) is 0 Å². The van der Waals surface area contributed by atoms with Crippen molar-refractivity contribution in [3.05, 3.63) is 23.8 Å². The zero-order chi connectivity index (χ0) is 14.5. The Morgan fingerprint density at radius 3 is 3.10 bits per heavy atom. The minimum Gasteiger partial charge on any atom is -0.489 e. The number of carbonyl (C=O) groups excluding carboxylic acids is 1. The van der Waals surface area contributed by atoms with Crippen LogP contribution in [0.2, 0.25) is 0 Å². The Bertz CT molecular complexity index is 498. The third kappa shape index (κ3) is 3.47. The van der Waals surface area contributed by atoms with Gasteiger partial charge in [-0.1, -0.05) is 18.9 Å². The number of nitrogens with one attached hydrogen (secondary N) is 2. The van der Waals surface area contributed by atoms with Crippen LogP contribution in [0, 0.1) is 0 Å². The van der Waals surface area contributed by atoms with E-state index in [4.69, 9.17) is 9.47 Å². The van der Waals surface area contributed by atoms with Crippen LogP contribution in [0.15, 0.2) is 18.2 Å². The molecule has 1 saturated carbocycles. The average Bonchev–Trinajstić information content (AvgIpc) is 3.04. The topological polar surface area (TPSA) is 59.6 Å². The van der Waals surface area contributed by atoms with Crippen LogP contribution in [0.5, 0.6) is 5.75 Å². The first-order valence-corrected chi connectivity index (χ1v) is 7.74. The van der Waals surface area contributed by atoms with Gasteiger partial charge in [0, 0.05) is 13.1 Å². The summed E-state index contributed by atoms with van der Waals surface area (Å²) < 4.78 is 11.4. The van der Waals surface area contributed by atoms with Crippen LogP contribution < -0.4 is 15.4 Å². The number of anilines is 1. The molecule has 0 aromatic heterocycles. The van der Waals surface area contributed by atoms with Crippen molar-refractivity contribution in [2.75, 3.05) is 31.6 Å². The smallest absolute Gasteiger partial charge is 0.255 e. The second-order valence-corrected chi connectivity index (χ2v) is 5.49. The highest BCUT2D eigenvalue weighted by Gasteiger charge is 2.19. The van der Waals surface area contributed by atoms with Gasteiger partial charge in [-0.25, -0.2) is 0 Å². The molecule has 114 valence electrons. The second kappa shape index (κ2) is 6.80. The van der Waals surface area contributed by atoms with E-state index in [0.29, 0.717) is 37.2 Å². The highest BCUT2D eigenvalue weighted by Crippen LogP contribution is 2.31. The fourth-order valence-electron chi connectivity index (χ4n) is 2.89. The number of amides is 1. The van der Waals surface area contributed by atoms with Crippen molar-refractivity contribution in [1.82, 2.24) is 5.32 Å². The fourth-order valence-corrected chi connectivity index (χ4v) is 2.89. The van der Waals surface area contributed by atoms with E-state index in [9.17, 15) is 4.79 Å². The normalized spacial score (nSPS) is 17.7. The lowest BCUT2D eigenvalue weighted by Gasteiger charge is -2.21. The van der Waals surface area contributed by atoms with Crippen molar-refractivity contribution in [3.63, 3.8) is 0 Å². The largest absolute Gasteiger partial charge is 0.489 e. The maximum Gasteiger partial charge on any atom is 0.255 e. The average molecular weight is 290 g/mol. The summed E-state index contributed by atoms with van der Waals surface area (Å²) in [5.74, 6) is 0.545. The third-order valence-corrected chi connectivity index (χ3v) is 3.97. The van der Waals surface area contributed by atoms with Gasteiger partial charge in [0.05, 0.1) is 24.0 Å². The fraction of sp³-hybridized carbons (Fsp3) is 0.562. The zero-order valence-electron chi connectivity index (χ0n) is 12.2. The molecule has 1 aliphatic carbocycles. The van der Waals surface area contributed by atoms with Crippen LogP contribution in [0.1, 0.15) is 36.0 Å². The summed E-state index contributed by atoms with van der Waals surface area (Å²) in [6.45, 7) is 2.46. The number of hydrogen-bond acceptors (Lipinski definition) is 4. The number of para-hydroxylation sites is 1. The van der Waals surface area contributed by atoms with Gasteiger partial charge < -0.3 is 20.1 Å². The predicted molar refractivity (Wildman–Crippen MR) is 81.0 cm³/mol. The quantitative estimate of drug-likeness (QED) is 0.816. The van der Waals surface area contributed by atoms with E-state index < -0.39 is 0 Å². The monoisotopic (exact) mass is 290 g/mol. The minimum absolute atomic E-state index is 0.106. The molecule has 0 unspecified atom stereocenters. The number of rotatable bonds is 5. The van der Waals surface area contributed by atoms with Gasteiger partial charge in [-0.3, -0.25) is 4.79 Å². The van der Waals surface area contributed by atoms with E-state index in [1.165, 1.54) is 12.8 Å². The first-order valence-electron chi connectivity index (χ1n) is 7.74. The molecule has 5 heteroatoms. The highest BCUT2D eigenvalue weighted by molar-refractivity contribution is 5.98. The molecule has 0 atom stereocenters. The van der Waals surface area contributed by atoms with Crippen LogP contribution >= 0.6 is 0 Å². The van der Waals surface area contributed by atoms with Crippen LogP contribution in [0.4, 0.5) is 5.69 Å². The van der Waals surface area contributed by atoms with E-state index in [1.54, 1.807) is 6.07 Å². The molecule has 2 N–H and O–H groups in total. The predicted octanol–water partition coefficient (Wildman–Crippen LogP) is 2.18. The molecule has 0 radical (unpaired) electrons. The number of carbonyl (C=O) groups is 1. The first-order chi connectivity index (χ1) is 10.3. The Morgan fingerprint density at radius 1 is 1.38 bits per heavy atom. The maximum absolute atomic E-state index is 12.2. The van der Waals surface area contributed by atoms with Gasteiger partial charge in [-0.05, 0) is 25.0 Å². The second-order valence-electron chi connectivity index (χ2n) is 5.49. The van der Waals surface area contributed by atoms with Crippen molar-refractivity contribution >= 4 is 11.6 Å². The number of hydrogen-bond donors (Lipinski definition) is 2. The molecule has 5 nitrogen and oxygen atoms in total. The van der Waals surface area contributed by atoms with Gasteiger partial charge >= 0.3 is 0 Å². The van der Waals surface area contributed by atoms with Crippen molar-refractivity contribution in [1.29, 1.82) is 0 Å². The molecule has 1 aromatic rings. The lowest BCUT2D eigenvalue weighted by molar-refractivity contribution is 0.0581. The Kier molecular flexibility index (Phi) is 4.60. The summed E-state index contributed by atoms with van der Waals surface area (Å²) in [6.07, 6.45) is 5.22. The van der Waals surface area contributed by atoms with Crippen molar-refractivity contribution in [2.24, 2.45) is 0 Å². The molecule has 1 fully saturated rings. The summed E-state index contributed by atoms with van der Waals surface area (Å²) >= 11 is 0. The van der Waals surface area contributed by atoms with Crippen LogP contribution in [-0.4, -0.2) is 38.3 Å². The lowest BCUT2D eigenvalue weighted by atomic mass is 10.1. The van der Waals surface area contributed by atoms with Crippen molar-refractivity contribution < 1.29 is 14.3 Å². The van der Waals surface area contributed by atoms with E-state index in [1.807, 2.05) is 12.1 Å². The Balaban J connectivity index is 1.51. The Labute approximate surface area is 125 Å². The summed E-state index contributed by atoms with van der Waals surface area (Å²) in [5, 5.41) is 6.13. The van der Waals surface area contributed by atoms with Crippen molar-refractivity contribution in [2.45, 2.75) is 31.8 Å². The molecule has 1 aliphatic heterocycles. The first kappa shape index (κ1) is 14.2. The highest BCUT2D eigenvalue weighted by atomic mass is 16.5.